The second-order valence-electron chi connectivity index (χ2n) is 9.35. The minimum Gasteiger partial charge on any atom is -0.353 e. The molecule has 0 spiro atoms. The van der Waals surface area contributed by atoms with Crippen LogP contribution < -0.4 is 10.2 Å². The number of amides is 2. The van der Waals surface area contributed by atoms with Gasteiger partial charge in [-0.05, 0) is 55.2 Å². The molecule has 1 aliphatic carbocycles. The van der Waals surface area contributed by atoms with Gasteiger partial charge in [-0.3, -0.25) is 9.59 Å². The molecule has 2 fully saturated rings. The monoisotopic (exact) mass is 424 g/mol. The van der Waals surface area contributed by atoms with Gasteiger partial charge in [0.1, 0.15) is 0 Å². The van der Waals surface area contributed by atoms with Gasteiger partial charge in [0.15, 0.2) is 0 Å². The van der Waals surface area contributed by atoms with E-state index in [1.165, 1.54) is 17.0 Å². The molecule has 2 aliphatic rings. The van der Waals surface area contributed by atoms with Crippen molar-refractivity contribution in [3.05, 3.63) is 29.8 Å². The van der Waals surface area contributed by atoms with E-state index in [-0.39, 0.29) is 36.5 Å². The Balaban J connectivity index is 1.57. The van der Waals surface area contributed by atoms with E-state index in [1.807, 2.05) is 0 Å². The maximum atomic E-state index is 13.0. The highest BCUT2D eigenvalue weighted by Gasteiger charge is 2.38. The number of anilines is 1. The third-order valence-electron chi connectivity index (χ3n) is 7.07. The van der Waals surface area contributed by atoms with Crippen LogP contribution in [0.15, 0.2) is 24.3 Å². The van der Waals surface area contributed by atoms with Crippen molar-refractivity contribution in [2.45, 2.75) is 71.5 Å². The van der Waals surface area contributed by atoms with Gasteiger partial charge in [-0.15, -0.1) is 0 Å². The fraction of sp³-hybridized carbons (Fsp3) is 0.652. The third-order valence-corrected chi connectivity index (χ3v) is 7.07. The van der Waals surface area contributed by atoms with Crippen LogP contribution in [0.1, 0.15) is 64.9 Å². The molecule has 2 amide bonds. The molecular weight excluding hydrogens is 393 g/mol. The Bertz CT molecular complexity index is 783. The maximum absolute atomic E-state index is 13.0. The van der Waals surface area contributed by atoms with E-state index in [0.29, 0.717) is 11.3 Å². The third kappa shape index (κ3) is 4.98. The van der Waals surface area contributed by atoms with E-state index in [9.17, 15) is 22.8 Å². The van der Waals surface area contributed by atoms with Crippen LogP contribution in [0.25, 0.3) is 0 Å². The number of hydrogen-bond acceptors (Lipinski definition) is 2. The molecule has 4 nitrogen and oxygen atoms in total. The van der Waals surface area contributed by atoms with Crippen LogP contribution in [0.2, 0.25) is 0 Å². The number of carbonyl (C=O) groups is 2. The molecule has 30 heavy (non-hydrogen) atoms. The molecule has 1 heterocycles. The molecule has 7 heteroatoms. The van der Waals surface area contributed by atoms with Crippen molar-refractivity contribution in [1.29, 1.82) is 0 Å². The second-order valence-corrected chi connectivity index (χ2v) is 9.35. The molecular formula is C23H31F3N2O2. The van der Waals surface area contributed by atoms with Crippen LogP contribution >= 0.6 is 0 Å². The smallest absolute Gasteiger partial charge is 0.353 e. The van der Waals surface area contributed by atoms with Crippen molar-refractivity contribution in [2.24, 2.45) is 17.3 Å². The van der Waals surface area contributed by atoms with Gasteiger partial charge >= 0.3 is 6.18 Å². The molecule has 1 aliphatic heterocycles. The van der Waals surface area contributed by atoms with Gasteiger partial charge in [0.2, 0.25) is 11.8 Å². The molecule has 1 saturated heterocycles. The molecule has 1 aromatic carbocycles. The number of rotatable bonds is 5. The number of halogens is 3. The van der Waals surface area contributed by atoms with Crippen molar-refractivity contribution in [3.8, 4) is 0 Å². The van der Waals surface area contributed by atoms with E-state index >= 15 is 0 Å². The Kier molecular flexibility index (Phi) is 6.48. The number of alkyl halides is 3. The molecule has 3 rings (SSSR count). The number of nitrogens with zero attached hydrogens (tertiary/aromatic N) is 1. The summed E-state index contributed by atoms with van der Waals surface area (Å²) in [6.45, 7) is 6.91. The quantitative estimate of drug-likeness (QED) is 0.709. The van der Waals surface area contributed by atoms with Gasteiger partial charge in [0.05, 0.1) is 11.5 Å². The highest BCUT2D eigenvalue weighted by atomic mass is 19.4. The van der Waals surface area contributed by atoms with Gasteiger partial charge in [-0.25, -0.2) is 0 Å². The first-order valence-electron chi connectivity index (χ1n) is 10.8. The molecule has 1 saturated carbocycles. The highest BCUT2D eigenvalue weighted by molar-refractivity contribution is 6.00. The Morgan fingerprint density at radius 2 is 1.83 bits per heavy atom. The Morgan fingerprint density at radius 3 is 2.43 bits per heavy atom. The Morgan fingerprint density at radius 1 is 1.17 bits per heavy atom. The lowest BCUT2D eigenvalue weighted by Crippen LogP contribution is -2.43. The summed E-state index contributed by atoms with van der Waals surface area (Å²) < 4.78 is 38.9. The first-order valence-corrected chi connectivity index (χ1v) is 10.8. The fourth-order valence-corrected chi connectivity index (χ4v) is 4.61. The van der Waals surface area contributed by atoms with E-state index in [1.54, 1.807) is 0 Å². The zero-order valence-corrected chi connectivity index (χ0v) is 17.9. The number of benzene rings is 1. The molecule has 1 N–H and O–H groups in total. The largest absolute Gasteiger partial charge is 0.416 e. The van der Waals surface area contributed by atoms with Crippen LogP contribution in [0.4, 0.5) is 18.9 Å². The minimum absolute atomic E-state index is 0.0281. The van der Waals surface area contributed by atoms with Gasteiger partial charge in [0.25, 0.3) is 0 Å². The standard InChI is InChI=1S/C23H31F3N2O2/c1-4-22(2,3)16-8-10-18(11-9-16)27-21(30)15-12-20(29)28(14-15)19-7-5-6-17(13-19)23(24,25)26/h5-7,13,15-16,18H,4,8-12,14H2,1-3H3,(H,27,30)/t15-,16?,18?/m0/s1. The summed E-state index contributed by atoms with van der Waals surface area (Å²) in [5, 5.41) is 3.08. The lowest BCUT2D eigenvalue weighted by atomic mass is 9.69. The van der Waals surface area contributed by atoms with E-state index in [4.69, 9.17) is 0 Å². The summed E-state index contributed by atoms with van der Waals surface area (Å²) in [5.41, 5.74) is -0.307. The summed E-state index contributed by atoms with van der Waals surface area (Å²) >= 11 is 0. The van der Waals surface area contributed by atoms with Crippen LogP contribution in [0.5, 0.6) is 0 Å². The predicted molar refractivity (Wildman–Crippen MR) is 110 cm³/mol. The summed E-state index contributed by atoms with van der Waals surface area (Å²) in [5.74, 6) is -0.365. The van der Waals surface area contributed by atoms with Crippen molar-refractivity contribution in [3.63, 3.8) is 0 Å². The number of hydrogen-bond donors (Lipinski definition) is 1. The van der Waals surface area contributed by atoms with E-state index in [0.717, 1.165) is 44.2 Å². The van der Waals surface area contributed by atoms with Crippen LogP contribution in [0, 0.1) is 17.3 Å². The average Bonchev–Trinajstić information content (AvgIpc) is 3.10. The maximum Gasteiger partial charge on any atom is 0.416 e. The lowest BCUT2D eigenvalue weighted by molar-refractivity contribution is -0.137. The zero-order chi connectivity index (χ0) is 22.1. The van der Waals surface area contributed by atoms with E-state index < -0.39 is 17.7 Å². The molecule has 0 radical (unpaired) electrons. The van der Waals surface area contributed by atoms with Crippen molar-refractivity contribution < 1.29 is 22.8 Å². The molecule has 166 valence electrons. The fourth-order valence-electron chi connectivity index (χ4n) is 4.61. The molecule has 1 atom stereocenters. The van der Waals surface area contributed by atoms with Crippen LogP contribution in [-0.4, -0.2) is 24.4 Å². The SMILES string of the molecule is CCC(C)(C)C1CCC(NC(=O)[C@H]2CC(=O)N(c3cccc(C(F)(F)F)c3)C2)CC1. The first-order chi connectivity index (χ1) is 14.0. The lowest BCUT2D eigenvalue weighted by Gasteiger charge is -2.39. The van der Waals surface area contributed by atoms with Gasteiger partial charge in [-0.2, -0.15) is 13.2 Å². The first kappa shape index (κ1) is 22.6. The molecule has 1 aromatic rings. The number of carbonyl (C=O) groups excluding carboxylic acids is 2. The summed E-state index contributed by atoms with van der Waals surface area (Å²) in [6.07, 6.45) is 0.693. The summed E-state index contributed by atoms with van der Waals surface area (Å²) in [6, 6.07) is 4.82. The predicted octanol–water partition coefficient (Wildman–Crippen LogP) is 5.17. The van der Waals surface area contributed by atoms with Crippen molar-refractivity contribution >= 4 is 17.5 Å². The Hall–Kier alpha value is -2.05. The molecule has 0 unspecified atom stereocenters. The van der Waals surface area contributed by atoms with Crippen molar-refractivity contribution in [1.82, 2.24) is 5.32 Å². The van der Waals surface area contributed by atoms with Crippen LogP contribution in [0.3, 0.4) is 0 Å². The number of nitrogens with one attached hydrogen (secondary N) is 1. The van der Waals surface area contributed by atoms with Gasteiger partial charge < -0.3 is 10.2 Å². The average molecular weight is 425 g/mol. The molecule has 0 bridgehead atoms. The molecule has 0 aromatic heterocycles. The zero-order valence-electron chi connectivity index (χ0n) is 17.9. The highest BCUT2D eigenvalue weighted by Crippen LogP contribution is 2.40. The second kappa shape index (κ2) is 8.60. The topological polar surface area (TPSA) is 49.4 Å². The van der Waals surface area contributed by atoms with E-state index in [2.05, 4.69) is 26.1 Å². The summed E-state index contributed by atoms with van der Waals surface area (Å²) in [4.78, 5) is 26.4. The van der Waals surface area contributed by atoms with Gasteiger partial charge in [-0.1, -0.05) is 33.3 Å². The normalized spacial score (nSPS) is 25.5. The minimum atomic E-state index is -4.47. The summed E-state index contributed by atoms with van der Waals surface area (Å²) in [7, 11) is 0. The Labute approximate surface area is 176 Å². The van der Waals surface area contributed by atoms with Crippen molar-refractivity contribution in [2.75, 3.05) is 11.4 Å². The van der Waals surface area contributed by atoms with Gasteiger partial charge in [0, 0.05) is 24.7 Å². The van der Waals surface area contributed by atoms with Crippen LogP contribution in [-0.2, 0) is 15.8 Å².